The van der Waals surface area contributed by atoms with Gasteiger partial charge in [0.1, 0.15) is 0 Å². The van der Waals surface area contributed by atoms with Gasteiger partial charge in [-0.1, -0.05) is 42.1 Å². The van der Waals surface area contributed by atoms with Crippen molar-refractivity contribution in [1.82, 2.24) is 25.1 Å². The number of aromatic nitrogens is 4. The molecule has 2 heterocycles. The number of carbonyl (C=O) groups is 1. The highest BCUT2D eigenvalue weighted by Gasteiger charge is 2.51. The average molecular weight is 474 g/mol. The summed E-state index contributed by atoms with van der Waals surface area (Å²) in [5, 5.41) is 13.1. The van der Waals surface area contributed by atoms with Crippen molar-refractivity contribution in [2.75, 3.05) is 0 Å². The van der Waals surface area contributed by atoms with E-state index in [1.165, 1.54) is 55.9 Å². The molecule has 1 unspecified atom stereocenters. The Morgan fingerprint density at radius 2 is 1.68 bits per heavy atom. The third kappa shape index (κ3) is 4.26. The molecule has 4 aliphatic carbocycles. The van der Waals surface area contributed by atoms with Crippen LogP contribution in [0.1, 0.15) is 51.0 Å². The normalized spacial score (nSPS) is 28.1. The third-order valence-electron chi connectivity index (χ3n) is 7.92. The van der Waals surface area contributed by atoms with Crippen LogP contribution in [0, 0.1) is 17.8 Å². The van der Waals surface area contributed by atoms with Gasteiger partial charge in [0, 0.05) is 23.5 Å². The maximum atomic E-state index is 13.4. The Bertz CT molecular complexity index is 1130. The molecule has 4 aliphatic rings. The van der Waals surface area contributed by atoms with Gasteiger partial charge in [0.15, 0.2) is 11.0 Å². The van der Waals surface area contributed by atoms with E-state index in [4.69, 9.17) is 0 Å². The highest BCUT2D eigenvalue weighted by Crippen LogP contribution is 2.55. The van der Waals surface area contributed by atoms with Crippen molar-refractivity contribution in [3.8, 4) is 11.4 Å². The Labute approximate surface area is 205 Å². The van der Waals surface area contributed by atoms with Crippen LogP contribution in [0.3, 0.4) is 0 Å². The summed E-state index contributed by atoms with van der Waals surface area (Å²) in [5.74, 6) is 3.36. The van der Waals surface area contributed by atoms with Gasteiger partial charge >= 0.3 is 0 Å². The lowest BCUT2D eigenvalue weighted by atomic mass is 9.53. The van der Waals surface area contributed by atoms with E-state index in [1.807, 2.05) is 37.3 Å². The van der Waals surface area contributed by atoms with Gasteiger partial charge in [0.2, 0.25) is 5.91 Å². The molecule has 1 atom stereocenters. The number of pyridine rings is 1. The van der Waals surface area contributed by atoms with Gasteiger partial charge in [-0.3, -0.25) is 14.3 Å². The number of carbonyl (C=O) groups excluding carboxylic acids is 1. The topological polar surface area (TPSA) is 72.7 Å². The maximum absolute atomic E-state index is 13.4. The molecule has 4 fully saturated rings. The number of rotatable bonds is 7. The molecule has 34 heavy (non-hydrogen) atoms. The molecule has 0 saturated heterocycles. The van der Waals surface area contributed by atoms with E-state index in [1.54, 1.807) is 12.4 Å². The van der Waals surface area contributed by atoms with E-state index in [0.29, 0.717) is 6.54 Å². The van der Waals surface area contributed by atoms with E-state index in [9.17, 15) is 4.79 Å². The predicted molar refractivity (Wildman–Crippen MR) is 133 cm³/mol. The smallest absolute Gasteiger partial charge is 0.233 e. The summed E-state index contributed by atoms with van der Waals surface area (Å²) in [4.78, 5) is 17.5. The van der Waals surface area contributed by atoms with E-state index in [0.717, 1.165) is 34.3 Å². The van der Waals surface area contributed by atoms with Crippen LogP contribution in [0.5, 0.6) is 0 Å². The summed E-state index contributed by atoms with van der Waals surface area (Å²) in [6, 6.07) is 14.2. The summed E-state index contributed by atoms with van der Waals surface area (Å²) < 4.78 is 2.11. The van der Waals surface area contributed by atoms with E-state index < -0.39 is 0 Å². The molecule has 176 valence electrons. The van der Waals surface area contributed by atoms with Gasteiger partial charge < -0.3 is 5.32 Å². The van der Waals surface area contributed by atoms with Crippen molar-refractivity contribution in [2.45, 2.75) is 67.9 Å². The Hall–Kier alpha value is -2.67. The van der Waals surface area contributed by atoms with Crippen LogP contribution in [-0.2, 0) is 11.3 Å². The minimum Gasteiger partial charge on any atom is -0.350 e. The highest BCUT2D eigenvalue weighted by molar-refractivity contribution is 8.00. The summed E-state index contributed by atoms with van der Waals surface area (Å²) >= 11 is 1.50. The Morgan fingerprint density at radius 1 is 1.03 bits per heavy atom. The van der Waals surface area contributed by atoms with Gasteiger partial charge in [-0.2, -0.15) is 0 Å². The van der Waals surface area contributed by atoms with Crippen molar-refractivity contribution in [2.24, 2.45) is 17.8 Å². The fourth-order valence-corrected chi connectivity index (χ4v) is 7.69. The van der Waals surface area contributed by atoms with Gasteiger partial charge in [-0.25, -0.2) is 0 Å². The van der Waals surface area contributed by atoms with Crippen LogP contribution in [0.4, 0.5) is 0 Å². The SMILES string of the molecule is CC(Sc1nnc(-c2ccncc2)n1Cc1ccccc1)C(=O)NC12CC3CC(CC(C3)C1)C2. The molecule has 0 radical (unpaired) electrons. The molecule has 0 spiro atoms. The van der Waals surface area contributed by atoms with Crippen LogP contribution in [-0.4, -0.2) is 36.4 Å². The fourth-order valence-electron chi connectivity index (χ4n) is 6.84. The van der Waals surface area contributed by atoms with E-state index in [2.05, 4.69) is 37.2 Å². The van der Waals surface area contributed by atoms with Gasteiger partial charge in [-0.05, 0) is 80.9 Å². The monoisotopic (exact) mass is 473 g/mol. The molecule has 1 N–H and O–H groups in total. The molecular formula is C27H31N5OS. The largest absolute Gasteiger partial charge is 0.350 e. The molecule has 7 rings (SSSR count). The molecule has 7 heteroatoms. The lowest BCUT2D eigenvalue weighted by molar-refractivity contribution is -0.126. The van der Waals surface area contributed by atoms with E-state index >= 15 is 0 Å². The van der Waals surface area contributed by atoms with E-state index in [-0.39, 0.29) is 16.7 Å². The van der Waals surface area contributed by atoms with Gasteiger partial charge in [-0.15, -0.1) is 10.2 Å². The molecule has 6 nitrogen and oxygen atoms in total. The number of benzene rings is 1. The van der Waals surface area contributed by atoms with Gasteiger partial charge in [0.25, 0.3) is 0 Å². The number of hydrogen-bond acceptors (Lipinski definition) is 5. The Balaban J connectivity index is 1.22. The van der Waals surface area contributed by atoms with Crippen LogP contribution in [0.25, 0.3) is 11.4 Å². The first kappa shape index (κ1) is 21.8. The van der Waals surface area contributed by atoms with Crippen LogP contribution in [0.15, 0.2) is 60.0 Å². The van der Waals surface area contributed by atoms with Gasteiger partial charge in [0.05, 0.1) is 11.8 Å². The van der Waals surface area contributed by atoms with Crippen molar-refractivity contribution in [3.63, 3.8) is 0 Å². The quantitative estimate of drug-likeness (QED) is 0.492. The zero-order valence-electron chi connectivity index (χ0n) is 19.6. The van der Waals surface area contributed by atoms with Crippen molar-refractivity contribution < 1.29 is 4.79 Å². The minimum absolute atomic E-state index is 0.0283. The second-order valence-corrected chi connectivity index (χ2v) is 11.9. The fraction of sp³-hybridized carbons (Fsp3) is 0.481. The third-order valence-corrected chi connectivity index (χ3v) is 9.00. The molecule has 1 amide bonds. The number of nitrogens with one attached hydrogen (secondary N) is 1. The molecule has 4 saturated carbocycles. The molecule has 2 aromatic heterocycles. The number of hydrogen-bond donors (Lipinski definition) is 1. The Kier molecular flexibility index (Phi) is 5.68. The lowest BCUT2D eigenvalue weighted by Crippen LogP contribution is -2.60. The zero-order valence-corrected chi connectivity index (χ0v) is 20.4. The molecule has 3 aromatic rings. The average Bonchev–Trinajstić information content (AvgIpc) is 3.21. The van der Waals surface area contributed by atoms with Crippen LogP contribution < -0.4 is 5.32 Å². The Morgan fingerprint density at radius 3 is 2.32 bits per heavy atom. The summed E-state index contributed by atoms with van der Waals surface area (Å²) in [6.45, 7) is 2.64. The van der Waals surface area contributed by atoms with Crippen molar-refractivity contribution in [1.29, 1.82) is 0 Å². The molecule has 0 aliphatic heterocycles. The first-order valence-electron chi connectivity index (χ1n) is 12.4. The van der Waals surface area contributed by atoms with Crippen molar-refractivity contribution in [3.05, 3.63) is 60.4 Å². The summed E-state index contributed by atoms with van der Waals surface area (Å²) in [5.41, 5.74) is 2.17. The summed E-state index contributed by atoms with van der Waals surface area (Å²) in [7, 11) is 0. The number of amides is 1. The standard InChI is InChI=1S/C27H31N5OS/c1-18(25(33)29-27-14-20-11-21(15-27)13-22(12-20)16-27)34-26-31-30-24(23-7-9-28-10-8-23)32(26)17-19-5-3-2-4-6-19/h2-10,18,20-22H,11-17H2,1H3,(H,29,33). The molecule has 4 bridgehead atoms. The molecular weight excluding hydrogens is 442 g/mol. The van der Waals surface area contributed by atoms with Crippen LogP contribution >= 0.6 is 11.8 Å². The highest BCUT2D eigenvalue weighted by atomic mass is 32.2. The maximum Gasteiger partial charge on any atom is 0.233 e. The number of nitrogens with zero attached hydrogens (tertiary/aromatic N) is 4. The predicted octanol–water partition coefficient (Wildman–Crippen LogP) is 4.95. The first-order valence-corrected chi connectivity index (χ1v) is 13.3. The van der Waals surface area contributed by atoms with Crippen LogP contribution in [0.2, 0.25) is 0 Å². The van der Waals surface area contributed by atoms with Crippen molar-refractivity contribution >= 4 is 17.7 Å². The second kappa shape index (κ2) is 8.84. The first-order chi connectivity index (χ1) is 16.6. The molecule has 1 aromatic carbocycles. The summed E-state index contributed by atoms with van der Waals surface area (Å²) in [6.07, 6.45) is 11.2. The second-order valence-electron chi connectivity index (χ2n) is 10.6. The zero-order chi connectivity index (χ0) is 23.1. The number of thioether (sulfide) groups is 1. The lowest BCUT2D eigenvalue weighted by Gasteiger charge is -2.57. The minimum atomic E-state index is -0.239.